The number of rotatable bonds is 13. The van der Waals surface area contributed by atoms with E-state index in [1.54, 1.807) is 0 Å². The molecule has 15 heteroatoms. The van der Waals surface area contributed by atoms with Crippen LogP contribution in [0.15, 0.2) is 0 Å². The normalized spacial score (nSPS) is 29.1. The topological polar surface area (TPSA) is 255 Å². The van der Waals surface area contributed by atoms with Crippen molar-refractivity contribution in [2.24, 2.45) is 11.5 Å². The summed E-state index contributed by atoms with van der Waals surface area (Å²) >= 11 is 0. The molecule has 35 heavy (non-hydrogen) atoms. The maximum atomic E-state index is 13.0. The average Bonchev–Trinajstić information content (AvgIpc) is 2.78. The second-order valence-corrected chi connectivity index (χ2v) is 8.28. The molecule has 10 N–H and O–H groups in total. The van der Waals surface area contributed by atoms with Gasteiger partial charge in [-0.2, -0.15) is 0 Å². The van der Waals surface area contributed by atoms with Gasteiger partial charge < -0.3 is 56.7 Å². The number of nitrogens with zero attached hydrogens (tertiary/aromatic N) is 1. The molecule has 1 unspecified atom stereocenters. The van der Waals surface area contributed by atoms with Gasteiger partial charge in [-0.05, 0) is 20.3 Å². The minimum atomic E-state index is -2.70. The standard InChI is InChI=1S/C20H36N4O11/c1-8(34-17-14(21)20(33)35-12(7-25)16(17)30)6-24(10(3)27)15(9(2)26)19(32)23-11(18(22)31)4-5-13(28)29/h8-9,11-12,14-17,20,25-26,30,33H,4-7,21H2,1-3H3,(H2,22,31)(H,23,32)(H,28,29)/t8?,9-,11+,12-,14-,15+,16-,17-,20+/m1/s1/i15D. The highest BCUT2D eigenvalue weighted by molar-refractivity contribution is 5.91. The zero-order valence-electron chi connectivity index (χ0n) is 20.7. The summed E-state index contributed by atoms with van der Waals surface area (Å²) in [6.07, 6.45) is -9.29. The van der Waals surface area contributed by atoms with Gasteiger partial charge in [-0.25, -0.2) is 0 Å². The van der Waals surface area contributed by atoms with Crippen molar-refractivity contribution >= 4 is 23.7 Å². The van der Waals surface area contributed by atoms with E-state index in [0.29, 0.717) is 4.90 Å². The van der Waals surface area contributed by atoms with Gasteiger partial charge in [-0.3, -0.25) is 19.2 Å². The monoisotopic (exact) mass is 509 g/mol. The summed E-state index contributed by atoms with van der Waals surface area (Å²) in [5.74, 6) is -4.49. The molecule has 1 aliphatic rings. The van der Waals surface area contributed by atoms with Crippen LogP contribution in [0.25, 0.3) is 0 Å². The van der Waals surface area contributed by atoms with Crippen LogP contribution in [0, 0.1) is 0 Å². The summed E-state index contributed by atoms with van der Waals surface area (Å²) in [5.41, 5.74) is 11.1. The number of nitrogens with one attached hydrogen (secondary N) is 1. The van der Waals surface area contributed by atoms with E-state index in [4.69, 9.17) is 27.4 Å². The average molecular weight is 510 g/mol. The van der Waals surface area contributed by atoms with Gasteiger partial charge in [0.15, 0.2) is 6.29 Å². The van der Waals surface area contributed by atoms with E-state index in [1.165, 1.54) is 6.92 Å². The molecular formula is C20H36N4O11. The van der Waals surface area contributed by atoms with Crippen molar-refractivity contribution in [3.63, 3.8) is 0 Å². The van der Waals surface area contributed by atoms with Gasteiger partial charge in [0.1, 0.15) is 30.4 Å². The van der Waals surface area contributed by atoms with Gasteiger partial charge in [0, 0.05) is 19.9 Å². The van der Waals surface area contributed by atoms with Gasteiger partial charge in [0.05, 0.1) is 26.2 Å². The highest BCUT2D eigenvalue weighted by atomic mass is 16.6. The number of aliphatic hydroxyl groups is 4. The van der Waals surface area contributed by atoms with E-state index in [2.05, 4.69) is 5.32 Å². The Labute approximate surface area is 203 Å². The molecule has 0 aromatic carbocycles. The zero-order valence-corrected chi connectivity index (χ0v) is 19.7. The van der Waals surface area contributed by atoms with Crippen molar-refractivity contribution in [3.8, 4) is 0 Å². The second-order valence-electron chi connectivity index (χ2n) is 8.28. The fourth-order valence-corrected chi connectivity index (χ4v) is 3.56. The summed E-state index contributed by atoms with van der Waals surface area (Å²) in [7, 11) is 0. The van der Waals surface area contributed by atoms with E-state index < -0.39 is 98.2 Å². The van der Waals surface area contributed by atoms with Crippen molar-refractivity contribution in [1.82, 2.24) is 10.2 Å². The molecule has 0 aliphatic carbocycles. The molecule has 1 fully saturated rings. The number of primary amides is 1. The number of aliphatic hydroxyl groups excluding tert-OH is 4. The van der Waals surface area contributed by atoms with Crippen LogP contribution in [0.2, 0.25) is 0 Å². The molecule has 1 rings (SSSR count). The summed E-state index contributed by atoms with van der Waals surface area (Å²) in [5, 5.41) is 50.9. The predicted molar refractivity (Wildman–Crippen MR) is 117 cm³/mol. The largest absolute Gasteiger partial charge is 0.481 e. The maximum Gasteiger partial charge on any atom is 0.303 e. The van der Waals surface area contributed by atoms with Gasteiger partial charge >= 0.3 is 5.97 Å². The maximum absolute atomic E-state index is 13.0. The first-order valence-electron chi connectivity index (χ1n) is 11.4. The zero-order chi connectivity index (χ0) is 28.0. The van der Waals surface area contributed by atoms with Crippen molar-refractivity contribution in [1.29, 1.82) is 0 Å². The van der Waals surface area contributed by atoms with Crippen LogP contribution in [-0.4, -0.2) is 122 Å². The van der Waals surface area contributed by atoms with E-state index in [9.17, 15) is 39.6 Å². The Morgan fingerprint density at radius 1 is 1.26 bits per heavy atom. The Balaban J connectivity index is 3.14. The Morgan fingerprint density at radius 3 is 2.31 bits per heavy atom. The van der Waals surface area contributed by atoms with Crippen LogP contribution in [0.5, 0.6) is 0 Å². The lowest BCUT2D eigenvalue weighted by molar-refractivity contribution is -0.263. The van der Waals surface area contributed by atoms with Gasteiger partial charge in [-0.15, -0.1) is 0 Å². The SMILES string of the molecule is [2H][C@@](C(=O)N[C@@H](CCC(=O)O)C(N)=O)([C@@H](C)O)N(CC(C)O[C@@H]1[C@@H](N)[C@@H](O)O[C@H](CO)[C@H]1O)C(C)=O. The number of carboxylic acid groups (broad SMARTS) is 1. The molecule has 0 bridgehead atoms. The third kappa shape index (κ3) is 8.64. The molecule has 3 amide bonds. The van der Waals surface area contributed by atoms with Crippen molar-refractivity contribution < 1.29 is 55.6 Å². The fraction of sp³-hybridized carbons (Fsp3) is 0.800. The molecule has 202 valence electrons. The van der Waals surface area contributed by atoms with Gasteiger partial charge in [0.2, 0.25) is 17.7 Å². The summed E-state index contributed by atoms with van der Waals surface area (Å²) in [6.45, 7) is 2.33. The van der Waals surface area contributed by atoms with Crippen molar-refractivity contribution in [2.45, 2.75) is 88.5 Å². The molecule has 15 nitrogen and oxygen atoms in total. The van der Waals surface area contributed by atoms with Crippen LogP contribution in [0.1, 0.15) is 35.0 Å². The summed E-state index contributed by atoms with van der Waals surface area (Å²) < 4.78 is 19.3. The molecule has 0 aromatic rings. The van der Waals surface area contributed by atoms with Crippen LogP contribution < -0.4 is 16.8 Å². The number of aliphatic carboxylic acids is 1. The fourth-order valence-electron chi connectivity index (χ4n) is 3.56. The second kappa shape index (κ2) is 13.6. The highest BCUT2D eigenvalue weighted by Gasteiger charge is 2.44. The number of hydrogen-bond acceptors (Lipinski definition) is 11. The Kier molecular flexibility index (Phi) is 11.2. The van der Waals surface area contributed by atoms with E-state index in [-0.39, 0.29) is 6.42 Å². The number of carbonyl (C=O) groups is 4. The lowest BCUT2D eigenvalue weighted by Gasteiger charge is -2.42. The summed E-state index contributed by atoms with van der Waals surface area (Å²) in [6, 6.07) is -5.45. The molecule has 9 atom stereocenters. The number of carbonyl (C=O) groups excluding carboxylic acids is 3. The Hall–Kier alpha value is -2.40. The lowest BCUT2D eigenvalue weighted by Crippen LogP contribution is -2.64. The van der Waals surface area contributed by atoms with Crippen molar-refractivity contribution in [2.75, 3.05) is 13.2 Å². The predicted octanol–water partition coefficient (Wildman–Crippen LogP) is -4.41. The Morgan fingerprint density at radius 2 is 1.86 bits per heavy atom. The highest BCUT2D eigenvalue weighted by Crippen LogP contribution is 2.23. The van der Waals surface area contributed by atoms with E-state index in [0.717, 1.165) is 13.8 Å². The number of nitrogens with two attached hydrogens (primary N) is 2. The van der Waals surface area contributed by atoms with Crippen LogP contribution in [0.4, 0.5) is 0 Å². The molecule has 0 spiro atoms. The van der Waals surface area contributed by atoms with E-state index in [1.807, 2.05) is 0 Å². The number of carboxylic acids is 1. The molecule has 0 aromatic heterocycles. The lowest BCUT2D eigenvalue weighted by atomic mass is 9.97. The molecule has 1 aliphatic heterocycles. The minimum Gasteiger partial charge on any atom is -0.481 e. The number of amides is 3. The third-order valence-electron chi connectivity index (χ3n) is 5.34. The van der Waals surface area contributed by atoms with Crippen LogP contribution >= 0.6 is 0 Å². The third-order valence-corrected chi connectivity index (χ3v) is 5.34. The molecule has 0 saturated carbocycles. The van der Waals surface area contributed by atoms with Gasteiger partial charge in [0.25, 0.3) is 0 Å². The molecule has 1 heterocycles. The summed E-state index contributed by atoms with van der Waals surface area (Å²) in [4.78, 5) is 48.7. The molecule has 0 radical (unpaired) electrons. The van der Waals surface area contributed by atoms with Gasteiger partial charge in [-0.1, -0.05) is 0 Å². The Bertz CT molecular complexity index is 804. The smallest absolute Gasteiger partial charge is 0.303 e. The minimum absolute atomic E-state index is 0.389. The number of ether oxygens (including phenoxy) is 2. The first-order valence-corrected chi connectivity index (χ1v) is 10.9. The quantitative estimate of drug-likeness (QED) is 0.117. The molecular weight excluding hydrogens is 472 g/mol. The van der Waals surface area contributed by atoms with Crippen LogP contribution in [-0.2, 0) is 28.7 Å². The first kappa shape index (κ1) is 28.8. The number of hydrogen-bond donors (Lipinski definition) is 8. The van der Waals surface area contributed by atoms with Crippen LogP contribution in [0.3, 0.4) is 0 Å². The first-order chi connectivity index (χ1) is 16.6. The molecule has 1 saturated heterocycles. The van der Waals surface area contributed by atoms with Crippen molar-refractivity contribution in [3.05, 3.63) is 0 Å². The van der Waals surface area contributed by atoms with E-state index >= 15 is 0 Å².